The van der Waals surface area contributed by atoms with Crippen molar-refractivity contribution >= 4 is 35.0 Å². The van der Waals surface area contributed by atoms with Crippen molar-refractivity contribution in [2.75, 3.05) is 17.2 Å². The largest absolute Gasteiger partial charge is 0.492 e. The highest BCUT2D eigenvalue weighted by Gasteiger charge is 2.23. The number of hydrogen-bond acceptors (Lipinski definition) is 5. The minimum Gasteiger partial charge on any atom is -0.492 e. The molecule has 0 saturated carbocycles. The second-order valence-electron chi connectivity index (χ2n) is 7.29. The van der Waals surface area contributed by atoms with E-state index in [1.807, 2.05) is 79.7 Å². The number of para-hydroxylation sites is 2. The molecule has 0 fully saturated rings. The van der Waals surface area contributed by atoms with Crippen LogP contribution in [0.4, 0.5) is 11.4 Å². The van der Waals surface area contributed by atoms with E-state index in [2.05, 4.69) is 10.6 Å². The SMILES string of the molecule is CCOc1ccccc1NC(=O)C(Sc1cccc(NC(=O)c2ccco2)c1)c1ccccc1. The number of furan rings is 1. The molecule has 1 aromatic heterocycles. The van der Waals surface area contributed by atoms with Crippen molar-refractivity contribution in [1.29, 1.82) is 0 Å². The first-order chi connectivity index (χ1) is 16.6. The molecule has 0 saturated heterocycles. The smallest absolute Gasteiger partial charge is 0.291 e. The van der Waals surface area contributed by atoms with E-state index in [4.69, 9.17) is 9.15 Å². The number of rotatable bonds is 9. The van der Waals surface area contributed by atoms with Crippen molar-refractivity contribution in [2.24, 2.45) is 0 Å². The van der Waals surface area contributed by atoms with Crippen LogP contribution < -0.4 is 15.4 Å². The molecule has 7 heteroatoms. The molecule has 1 heterocycles. The van der Waals surface area contributed by atoms with Crippen LogP contribution in [0, 0.1) is 0 Å². The number of nitrogens with one attached hydrogen (secondary N) is 2. The zero-order valence-electron chi connectivity index (χ0n) is 18.6. The zero-order valence-corrected chi connectivity index (χ0v) is 19.4. The van der Waals surface area contributed by atoms with Crippen molar-refractivity contribution in [3.8, 4) is 5.75 Å². The Kier molecular flexibility index (Phi) is 7.67. The van der Waals surface area contributed by atoms with E-state index < -0.39 is 5.25 Å². The molecular weight excluding hydrogens is 448 g/mol. The van der Waals surface area contributed by atoms with Gasteiger partial charge in [0.05, 0.1) is 18.6 Å². The Morgan fingerprint density at radius 1 is 0.912 bits per heavy atom. The van der Waals surface area contributed by atoms with Gasteiger partial charge in [-0.05, 0) is 55.0 Å². The van der Waals surface area contributed by atoms with Gasteiger partial charge in [-0.3, -0.25) is 9.59 Å². The Morgan fingerprint density at radius 2 is 1.71 bits per heavy atom. The monoisotopic (exact) mass is 472 g/mol. The number of ether oxygens (including phenoxy) is 1. The molecule has 3 aromatic carbocycles. The number of carbonyl (C=O) groups excluding carboxylic acids is 2. The third-order valence-electron chi connectivity index (χ3n) is 4.88. The molecule has 4 rings (SSSR count). The van der Waals surface area contributed by atoms with Crippen molar-refractivity contribution in [2.45, 2.75) is 17.1 Å². The van der Waals surface area contributed by atoms with Crippen molar-refractivity contribution in [3.63, 3.8) is 0 Å². The maximum atomic E-state index is 13.4. The molecule has 172 valence electrons. The van der Waals surface area contributed by atoms with Gasteiger partial charge in [0.25, 0.3) is 5.91 Å². The van der Waals surface area contributed by atoms with Gasteiger partial charge in [0.1, 0.15) is 11.0 Å². The summed E-state index contributed by atoms with van der Waals surface area (Å²) in [5.41, 5.74) is 2.10. The molecule has 0 radical (unpaired) electrons. The first-order valence-electron chi connectivity index (χ1n) is 10.8. The summed E-state index contributed by atoms with van der Waals surface area (Å²) in [5, 5.41) is 5.32. The maximum absolute atomic E-state index is 13.4. The first-order valence-corrected chi connectivity index (χ1v) is 11.7. The summed E-state index contributed by atoms with van der Waals surface area (Å²) in [6, 6.07) is 27.6. The maximum Gasteiger partial charge on any atom is 0.291 e. The van der Waals surface area contributed by atoms with E-state index >= 15 is 0 Å². The van der Waals surface area contributed by atoms with E-state index in [1.165, 1.54) is 18.0 Å². The van der Waals surface area contributed by atoms with E-state index in [0.717, 1.165) is 10.5 Å². The quantitative estimate of drug-likeness (QED) is 0.275. The van der Waals surface area contributed by atoms with Gasteiger partial charge in [-0.25, -0.2) is 0 Å². The van der Waals surface area contributed by atoms with Gasteiger partial charge < -0.3 is 19.8 Å². The van der Waals surface area contributed by atoms with Crippen molar-refractivity contribution in [3.05, 3.63) is 109 Å². The van der Waals surface area contributed by atoms with Crippen LogP contribution in [0.25, 0.3) is 0 Å². The molecule has 6 nitrogen and oxygen atoms in total. The van der Waals surface area contributed by atoms with Gasteiger partial charge in [0.2, 0.25) is 5.91 Å². The topological polar surface area (TPSA) is 80.6 Å². The number of amides is 2. The number of thioether (sulfide) groups is 1. The highest BCUT2D eigenvalue weighted by molar-refractivity contribution is 8.00. The average molecular weight is 473 g/mol. The third kappa shape index (κ3) is 5.88. The van der Waals surface area contributed by atoms with Crippen LogP contribution in [0.2, 0.25) is 0 Å². The lowest BCUT2D eigenvalue weighted by atomic mass is 10.1. The zero-order chi connectivity index (χ0) is 23.8. The fraction of sp³-hybridized carbons (Fsp3) is 0.111. The summed E-state index contributed by atoms with van der Waals surface area (Å²) in [6.45, 7) is 2.40. The fourth-order valence-corrected chi connectivity index (χ4v) is 4.42. The van der Waals surface area contributed by atoms with E-state index in [0.29, 0.717) is 23.7 Å². The summed E-state index contributed by atoms with van der Waals surface area (Å²) >= 11 is 1.40. The van der Waals surface area contributed by atoms with E-state index in [9.17, 15) is 9.59 Å². The van der Waals surface area contributed by atoms with Crippen LogP contribution in [0.1, 0.15) is 28.3 Å². The van der Waals surface area contributed by atoms with Crippen molar-refractivity contribution in [1.82, 2.24) is 0 Å². The Morgan fingerprint density at radius 3 is 2.47 bits per heavy atom. The lowest BCUT2D eigenvalue weighted by Gasteiger charge is -2.19. The van der Waals surface area contributed by atoms with Crippen LogP contribution in [-0.2, 0) is 4.79 Å². The average Bonchev–Trinajstić information content (AvgIpc) is 3.40. The Labute approximate surface area is 202 Å². The van der Waals surface area contributed by atoms with Gasteiger partial charge in [-0.1, -0.05) is 48.5 Å². The fourth-order valence-electron chi connectivity index (χ4n) is 3.33. The number of carbonyl (C=O) groups is 2. The van der Waals surface area contributed by atoms with Crippen LogP contribution in [0.5, 0.6) is 5.75 Å². The number of benzene rings is 3. The number of anilines is 2. The van der Waals surface area contributed by atoms with E-state index in [1.54, 1.807) is 18.2 Å². The summed E-state index contributed by atoms with van der Waals surface area (Å²) in [4.78, 5) is 26.6. The predicted octanol–water partition coefficient (Wildman–Crippen LogP) is 6.40. The second-order valence-corrected chi connectivity index (χ2v) is 8.46. The van der Waals surface area contributed by atoms with Gasteiger partial charge in [0, 0.05) is 10.6 Å². The molecule has 1 unspecified atom stereocenters. The minimum atomic E-state index is -0.521. The molecule has 2 amide bonds. The van der Waals surface area contributed by atoms with E-state index in [-0.39, 0.29) is 17.6 Å². The standard InChI is InChI=1S/C27H24N2O4S/c1-2-32-23-15-7-6-14-22(23)29-27(31)25(19-10-4-3-5-11-19)34-21-13-8-12-20(18-21)28-26(30)24-16-9-17-33-24/h3-18,25H,2H2,1H3,(H,28,30)(H,29,31). The van der Waals surface area contributed by atoms with Gasteiger partial charge in [-0.2, -0.15) is 0 Å². The molecule has 0 aliphatic heterocycles. The molecule has 0 aliphatic carbocycles. The van der Waals surface area contributed by atoms with Gasteiger partial charge >= 0.3 is 0 Å². The molecule has 34 heavy (non-hydrogen) atoms. The predicted molar refractivity (Wildman–Crippen MR) is 134 cm³/mol. The van der Waals surface area contributed by atoms with Crippen LogP contribution in [0.3, 0.4) is 0 Å². The Bertz CT molecular complexity index is 1240. The molecular formula is C27H24N2O4S. The molecule has 0 bridgehead atoms. The molecule has 0 spiro atoms. The third-order valence-corrected chi connectivity index (χ3v) is 6.12. The normalized spacial score (nSPS) is 11.4. The summed E-state index contributed by atoms with van der Waals surface area (Å²) in [5.74, 6) is 0.343. The highest BCUT2D eigenvalue weighted by atomic mass is 32.2. The highest BCUT2D eigenvalue weighted by Crippen LogP contribution is 2.38. The van der Waals surface area contributed by atoms with Gasteiger partial charge in [-0.15, -0.1) is 11.8 Å². The van der Waals surface area contributed by atoms with Crippen LogP contribution in [0.15, 0.2) is 107 Å². The van der Waals surface area contributed by atoms with Crippen LogP contribution in [-0.4, -0.2) is 18.4 Å². The second kappa shape index (κ2) is 11.2. The Balaban J connectivity index is 1.56. The molecule has 2 N–H and O–H groups in total. The summed E-state index contributed by atoms with van der Waals surface area (Å²) in [7, 11) is 0. The first kappa shape index (κ1) is 23.2. The lowest BCUT2D eigenvalue weighted by Crippen LogP contribution is -2.19. The molecule has 1 atom stereocenters. The Hall–Kier alpha value is -3.97. The summed E-state index contributed by atoms with van der Waals surface area (Å²) in [6.07, 6.45) is 1.45. The number of hydrogen-bond donors (Lipinski definition) is 2. The molecule has 0 aliphatic rings. The van der Waals surface area contributed by atoms with Gasteiger partial charge in [0.15, 0.2) is 5.76 Å². The minimum absolute atomic E-state index is 0.173. The van der Waals surface area contributed by atoms with Crippen LogP contribution >= 0.6 is 11.8 Å². The van der Waals surface area contributed by atoms with Crippen molar-refractivity contribution < 1.29 is 18.7 Å². The molecule has 4 aromatic rings. The summed E-state index contributed by atoms with van der Waals surface area (Å²) < 4.78 is 10.8. The lowest BCUT2D eigenvalue weighted by molar-refractivity contribution is -0.115.